The van der Waals surface area contributed by atoms with E-state index in [0.29, 0.717) is 30.6 Å². The van der Waals surface area contributed by atoms with Crippen molar-refractivity contribution in [1.82, 2.24) is 34.8 Å². The summed E-state index contributed by atoms with van der Waals surface area (Å²) < 4.78 is 39.6. The number of benzene rings is 1. The van der Waals surface area contributed by atoms with Gasteiger partial charge in [0.15, 0.2) is 5.69 Å². The van der Waals surface area contributed by atoms with E-state index in [9.17, 15) is 18.0 Å². The predicted molar refractivity (Wildman–Crippen MR) is 123 cm³/mol. The number of nitrogens with one attached hydrogen (secondary N) is 1. The lowest BCUT2D eigenvalue weighted by atomic mass is 9.57. The number of carbonyl (C=O) groups is 1. The maximum atomic E-state index is 12.9. The summed E-state index contributed by atoms with van der Waals surface area (Å²) in [5.41, 5.74) is 0.974. The Labute approximate surface area is 205 Å². The Morgan fingerprint density at radius 3 is 2.19 bits per heavy atom. The maximum Gasteiger partial charge on any atom is 0.435 e. The van der Waals surface area contributed by atoms with Gasteiger partial charge in [-0.1, -0.05) is 12.1 Å². The first-order valence-corrected chi connectivity index (χ1v) is 12.5. The average Bonchev–Trinajstić information content (AvgIpc) is 3.27. The number of nitrogens with zero attached hydrogens (tertiary/aromatic N) is 6. The van der Waals surface area contributed by atoms with Gasteiger partial charge in [0.2, 0.25) is 0 Å². The largest absolute Gasteiger partial charge is 0.435 e. The summed E-state index contributed by atoms with van der Waals surface area (Å²) in [7, 11) is 0. The molecule has 2 aliphatic heterocycles. The Morgan fingerprint density at radius 1 is 0.917 bits per heavy atom. The van der Waals surface area contributed by atoms with Crippen molar-refractivity contribution in [3.05, 3.63) is 59.4 Å². The van der Waals surface area contributed by atoms with Crippen LogP contribution in [0.2, 0.25) is 0 Å². The number of rotatable bonds is 4. The molecule has 0 atom stereocenters. The number of hydrogen-bond acceptors (Lipinski definition) is 4. The van der Waals surface area contributed by atoms with Crippen molar-refractivity contribution in [2.24, 2.45) is 5.41 Å². The number of aromatic nitrogens is 5. The van der Waals surface area contributed by atoms with Crippen LogP contribution in [-0.4, -0.2) is 67.0 Å². The van der Waals surface area contributed by atoms with Crippen molar-refractivity contribution in [1.29, 1.82) is 0 Å². The number of H-pyrrole nitrogens is 1. The fourth-order valence-electron chi connectivity index (χ4n) is 5.91. The fourth-order valence-corrected chi connectivity index (χ4v) is 5.91. The molecule has 2 amide bonds. The Hall–Kier alpha value is -3.37. The lowest BCUT2D eigenvalue weighted by Crippen LogP contribution is -2.67. The van der Waals surface area contributed by atoms with E-state index in [1.54, 1.807) is 12.1 Å². The van der Waals surface area contributed by atoms with Crippen LogP contribution < -0.4 is 0 Å². The van der Waals surface area contributed by atoms with Crippen molar-refractivity contribution >= 4 is 6.03 Å². The monoisotopic (exact) mass is 497 g/mol. The highest BCUT2D eigenvalue weighted by Crippen LogP contribution is 2.56. The van der Waals surface area contributed by atoms with Gasteiger partial charge in [0.25, 0.3) is 0 Å². The van der Waals surface area contributed by atoms with E-state index >= 15 is 0 Å². The summed E-state index contributed by atoms with van der Waals surface area (Å²) in [5.74, 6) is 3.30. The molecule has 3 aromatic rings. The second-order valence-electron chi connectivity index (χ2n) is 11.0. The molecule has 0 radical (unpaired) electrons. The molecule has 8 nitrogen and oxygen atoms in total. The van der Waals surface area contributed by atoms with Crippen molar-refractivity contribution in [3.63, 3.8) is 0 Å². The Kier molecular flexibility index (Phi) is 4.60. The van der Waals surface area contributed by atoms with Crippen LogP contribution in [0.25, 0.3) is 5.69 Å². The first-order valence-electron chi connectivity index (χ1n) is 12.5. The summed E-state index contributed by atoms with van der Waals surface area (Å²) >= 11 is 0. The van der Waals surface area contributed by atoms with Crippen LogP contribution >= 0.6 is 0 Å². The third-order valence-corrected chi connectivity index (χ3v) is 8.21. The van der Waals surface area contributed by atoms with Crippen molar-refractivity contribution in [3.8, 4) is 5.69 Å². The van der Waals surface area contributed by atoms with Gasteiger partial charge >= 0.3 is 12.2 Å². The van der Waals surface area contributed by atoms with E-state index in [1.165, 1.54) is 23.7 Å². The predicted octanol–water partition coefficient (Wildman–Crippen LogP) is 4.29. The zero-order valence-electron chi connectivity index (χ0n) is 19.6. The molecule has 188 valence electrons. The minimum absolute atomic E-state index is 0.101. The minimum Gasteiger partial charge on any atom is -0.328 e. The molecule has 1 aromatic carbocycles. The number of carbonyl (C=O) groups excluding carboxylic acids is 1. The van der Waals surface area contributed by atoms with Gasteiger partial charge in [-0.2, -0.15) is 18.3 Å². The van der Waals surface area contributed by atoms with Crippen LogP contribution in [-0.2, 0) is 6.18 Å². The number of amides is 2. The van der Waals surface area contributed by atoms with Gasteiger partial charge in [0.05, 0.1) is 5.69 Å². The SMILES string of the molecule is O=C(N1CC(c2ccc(-n3ccc(C(F)(F)F)n3)cc2)C1)N1CC2(CC(c3nnc(C4CC4)[nH]3)C2)C1. The lowest BCUT2D eigenvalue weighted by Gasteiger charge is -2.59. The number of likely N-dealkylation sites (tertiary alicyclic amines) is 2. The zero-order chi connectivity index (χ0) is 24.7. The van der Waals surface area contributed by atoms with Gasteiger partial charge in [0.1, 0.15) is 11.6 Å². The normalized spacial score (nSPS) is 21.9. The van der Waals surface area contributed by atoms with E-state index in [1.807, 2.05) is 21.9 Å². The third-order valence-electron chi connectivity index (χ3n) is 8.21. The molecule has 2 saturated heterocycles. The third kappa shape index (κ3) is 3.67. The smallest absolute Gasteiger partial charge is 0.328 e. The summed E-state index contributed by atoms with van der Waals surface area (Å²) in [6, 6.07) is 8.41. The number of halogens is 3. The topological polar surface area (TPSA) is 82.9 Å². The van der Waals surface area contributed by atoms with Crippen LogP contribution in [0.1, 0.15) is 66.3 Å². The molecule has 0 bridgehead atoms. The van der Waals surface area contributed by atoms with Crippen molar-refractivity contribution < 1.29 is 18.0 Å². The van der Waals surface area contributed by atoms with Crippen LogP contribution in [0.3, 0.4) is 0 Å². The second kappa shape index (κ2) is 7.57. The number of alkyl halides is 3. The minimum atomic E-state index is -4.46. The van der Waals surface area contributed by atoms with Gasteiger partial charge < -0.3 is 14.8 Å². The second-order valence-corrected chi connectivity index (χ2v) is 11.0. The van der Waals surface area contributed by atoms with E-state index in [0.717, 1.165) is 49.2 Å². The average molecular weight is 498 g/mol. The first-order chi connectivity index (χ1) is 17.3. The molecular weight excluding hydrogens is 471 g/mol. The standard InChI is InChI=1S/C25H26F3N7O/c26-25(27,28)20-7-8-35(32-20)19-5-3-15(4-6-19)18-11-33(12-18)23(36)34-13-24(14-34)9-17(10-24)22-29-21(30-31-22)16-1-2-16/h3-8,16-18H,1-2,9-14H2,(H,29,30,31). The van der Waals surface area contributed by atoms with Crippen molar-refractivity contribution in [2.45, 2.75) is 49.6 Å². The van der Waals surface area contributed by atoms with Crippen LogP contribution in [0.4, 0.5) is 18.0 Å². The molecule has 4 aliphatic rings. The number of aromatic amines is 1. The molecule has 4 heterocycles. The van der Waals surface area contributed by atoms with Crippen molar-refractivity contribution in [2.75, 3.05) is 26.2 Å². The molecule has 4 fully saturated rings. The quantitative estimate of drug-likeness (QED) is 0.583. The summed E-state index contributed by atoms with van der Waals surface area (Å²) in [5, 5.41) is 12.3. The Bertz CT molecular complexity index is 1290. The van der Waals surface area contributed by atoms with Gasteiger partial charge in [0, 0.05) is 55.5 Å². The lowest BCUT2D eigenvalue weighted by molar-refractivity contribution is -0.141. The Balaban J connectivity index is 0.889. The van der Waals surface area contributed by atoms with E-state index < -0.39 is 11.9 Å². The highest BCUT2D eigenvalue weighted by atomic mass is 19.4. The molecule has 1 N–H and O–H groups in total. The Morgan fingerprint density at radius 2 is 1.58 bits per heavy atom. The number of hydrogen-bond donors (Lipinski definition) is 1. The first kappa shape index (κ1) is 21.9. The molecule has 2 saturated carbocycles. The molecule has 11 heteroatoms. The fraction of sp³-hybridized carbons (Fsp3) is 0.520. The maximum absolute atomic E-state index is 12.9. The molecule has 2 aliphatic carbocycles. The number of urea groups is 1. The highest BCUT2D eigenvalue weighted by molar-refractivity contribution is 5.77. The molecule has 1 spiro atoms. The van der Waals surface area contributed by atoms with Gasteiger partial charge in [-0.3, -0.25) is 0 Å². The molecule has 0 unspecified atom stereocenters. The van der Waals surface area contributed by atoms with Crippen LogP contribution in [0.15, 0.2) is 36.5 Å². The summed E-state index contributed by atoms with van der Waals surface area (Å²) in [6.45, 7) is 2.94. The molecule has 7 rings (SSSR count). The van der Waals surface area contributed by atoms with E-state index in [-0.39, 0.29) is 17.4 Å². The van der Waals surface area contributed by atoms with Gasteiger partial charge in [-0.25, -0.2) is 9.48 Å². The summed E-state index contributed by atoms with van der Waals surface area (Å²) in [4.78, 5) is 20.1. The zero-order valence-corrected chi connectivity index (χ0v) is 19.6. The highest BCUT2D eigenvalue weighted by Gasteiger charge is 2.56. The van der Waals surface area contributed by atoms with Crippen LogP contribution in [0, 0.1) is 5.41 Å². The van der Waals surface area contributed by atoms with Crippen LogP contribution in [0.5, 0.6) is 0 Å². The van der Waals surface area contributed by atoms with E-state index in [2.05, 4.69) is 20.3 Å². The molecule has 36 heavy (non-hydrogen) atoms. The molecule has 2 aromatic heterocycles. The van der Waals surface area contributed by atoms with E-state index in [4.69, 9.17) is 0 Å². The van der Waals surface area contributed by atoms with Gasteiger partial charge in [-0.05, 0) is 49.4 Å². The summed E-state index contributed by atoms with van der Waals surface area (Å²) in [6.07, 6.45) is 1.39. The molecular formula is C25H26F3N7O. The van der Waals surface area contributed by atoms with Gasteiger partial charge in [-0.15, -0.1) is 10.2 Å².